The number of carbonyl (C=O) groups excluding carboxylic acids is 1. The highest BCUT2D eigenvalue weighted by atomic mass is 32.2. The molecule has 0 radical (unpaired) electrons. The Labute approximate surface area is 76.5 Å². The summed E-state index contributed by atoms with van der Waals surface area (Å²) < 4.78 is 0. The van der Waals surface area contributed by atoms with Crippen molar-refractivity contribution < 1.29 is 4.79 Å². The topological polar surface area (TPSA) is 109 Å². The molecule has 0 unspecified atom stereocenters. The number of nitrogens with two attached hydrogens (primary N) is 1. The van der Waals surface area contributed by atoms with Crippen LogP contribution in [0.3, 0.4) is 0 Å². The molecule has 70 valence electrons. The number of rotatable bonds is 1. The number of nitrogen functional groups attached to an aromatic ring is 1. The highest BCUT2D eigenvalue weighted by molar-refractivity contribution is 8.13. The fourth-order valence-electron chi connectivity index (χ4n) is 0.738. The molecule has 0 bridgehead atoms. The highest BCUT2D eigenvalue weighted by Crippen LogP contribution is 2.17. The first-order valence-electron chi connectivity index (χ1n) is 3.31. The molecule has 0 aliphatic heterocycles. The minimum absolute atomic E-state index is 0.0205. The predicted molar refractivity (Wildman–Crippen MR) is 48.6 cm³/mol. The van der Waals surface area contributed by atoms with E-state index in [1.165, 1.54) is 6.92 Å². The van der Waals surface area contributed by atoms with Crippen LogP contribution in [0.4, 0.5) is 5.82 Å². The van der Waals surface area contributed by atoms with Crippen molar-refractivity contribution in [3.05, 3.63) is 20.8 Å². The molecule has 0 aromatic carbocycles. The van der Waals surface area contributed by atoms with Crippen LogP contribution in [0.25, 0.3) is 0 Å². The molecule has 1 heterocycles. The number of thioether (sulfide) groups is 1. The van der Waals surface area contributed by atoms with Crippen molar-refractivity contribution in [2.75, 3.05) is 5.73 Å². The van der Waals surface area contributed by atoms with Gasteiger partial charge in [-0.25, -0.2) is 4.79 Å². The van der Waals surface area contributed by atoms with Crippen LogP contribution in [-0.4, -0.2) is 15.1 Å². The van der Waals surface area contributed by atoms with Gasteiger partial charge in [-0.05, 0) is 11.8 Å². The minimum Gasteiger partial charge on any atom is -0.384 e. The first-order valence-corrected chi connectivity index (χ1v) is 4.13. The van der Waals surface area contributed by atoms with Gasteiger partial charge in [0.1, 0.15) is 10.7 Å². The zero-order valence-electron chi connectivity index (χ0n) is 6.71. The van der Waals surface area contributed by atoms with Crippen molar-refractivity contribution in [2.45, 2.75) is 11.8 Å². The number of aromatic nitrogens is 2. The molecule has 4 N–H and O–H groups in total. The van der Waals surface area contributed by atoms with E-state index in [0.717, 1.165) is 0 Å². The average molecular weight is 201 g/mol. The van der Waals surface area contributed by atoms with E-state index in [1.807, 2.05) is 4.98 Å². The summed E-state index contributed by atoms with van der Waals surface area (Å²) >= 11 is 0.683. The Kier molecular flexibility index (Phi) is 2.57. The van der Waals surface area contributed by atoms with E-state index >= 15 is 0 Å². The van der Waals surface area contributed by atoms with Crippen molar-refractivity contribution in [2.24, 2.45) is 0 Å². The zero-order valence-corrected chi connectivity index (χ0v) is 7.53. The molecule has 0 amide bonds. The van der Waals surface area contributed by atoms with Crippen LogP contribution in [0.2, 0.25) is 0 Å². The van der Waals surface area contributed by atoms with Gasteiger partial charge in [0.25, 0.3) is 5.56 Å². The standard InChI is InChI=1S/C6H7N3O3S/c1-2(10)13-3-4(7)8-6(12)9-5(3)11/h1H3,(H4,7,8,9,11,12). The summed E-state index contributed by atoms with van der Waals surface area (Å²) in [6, 6.07) is 0. The summed E-state index contributed by atoms with van der Waals surface area (Å²) in [5.41, 5.74) is 3.99. The molecule has 1 aromatic rings. The van der Waals surface area contributed by atoms with Gasteiger partial charge in [0.2, 0.25) is 0 Å². The first-order chi connectivity index (χ1) is 6.00. The van der Waals surface area contributed by atoms with Crippen LogP contribution in [0, 0.1) is 0 Å². The largest absolute Gasteiger partial charge is 0.384 e. The molecule has 0 fully saturated rings. The normalized spacial score (nSPS) is 9.92. The van der Waals surface area contributed by atoms with Gasteiger partial charge in [-0.15, -0.1) is 0 Å². The highest BCUT2D eigenvalue weighted by Gasteiger charge is 2.09. The number of anilines is 1. The number of hydrogen-bond donors (Lipinski definition) is 3. The third-order valence-electron chi connectivity index (χ3n) is 1.17. The van der Waals surface area contributed by atoms with Gasteiger partial charge in [0, 0.05) is 6.92 Å². The van der Waals surface area contributed by atoms with E-state index in [1.54, 1.807) is 0 Å². The van der Waals surface area contributed by atoms with Gasteiger partial charge < -0.3 is 5.73 Å². The quantitative estimate of drug-likeness (QED) is 0.520. The van der Waals surface area contributed by atoms with Gasteiger partial charge >= 0.3 is 5.69 Å². The van der Waals surface area contributed by atoms with Crippen LogP contribution in [0.1, 0.15) is 6.92 Å². The van der Waals surface area contributed by atoms with Crippen LogP contribution in [0.5, 0.6) is 0 Å². The second kappa shape index (κ2) is 3.48. The number of carbonyl (C=O) groups is 1. The van der Waals surface area contributed by atoms with Crippen LogP contribution >= 0.6 is 11.8 Å². The van der Waals surface area contributed by atoms with Crippen molar-refractivity contribution in [1.29, 1.82) is 0 Å². The van der Waals surface area contributed by atoms with E-state index in [2.05, 4.69) is 4.98 Å². The lowest BCUT2D eigenvalue weighted by Crippen LogP contribution is -2.25. The van der Waals surface area contributed by atoms with Gasteiger partial charge in [0.05, 0.1) is 0 Å². The molecule has 6 nitrogen and oxygen atoms in total. The van der Waals surface area contributed by atoms with Crippen molar-refractivity contribution in [1.82, 2.24) is 9.97 Å². The number of H-pyrrole nitrogens is 2. The maximum atomic E-state index is 11.1. The summed E-state index contributed by atoms with van der Waals surface area (Å²) in [6.07, 6.45) is 0. The number of aromatic amines is 2. The molecule has 1 aromatic heterocycles. The summed E-state index contributed by atoms with van der Waals surface area (Å²) in [5, 5.41) is -0.274. The van der Waals surface area contributed by atoms with Crippen LogP contribution in [-0.2, 0) is 4.79 Å². The van der Waals surface area contributed by atoms with Crippen molar-refractivity contribution in [3.63, 3.8) is 0 Å². The Morgan fingerprint density at radius 1 is 1.38 bits per heavy atom. The predicted octanol–water partition coefficient (Wildman–Crippen LogP) is -0.716. The molecule has 0 spiro atoms. The fourth-order valence-corrected chi connectivity index (χ4v) is 1.33. The lowest BCUT2D eigenvalue weighted by atomic mass is 10.6. The summed E-state index contributed by atoms with van der Waals surface area (Å²) in [5.74, 6) is -0.0889. The fraction of sp³-hybridized carbons (Fsp3) is 0.167. The Morgan fingerprint density at radius 3 is 2.46 bits per heavy atom. The molecule has 0 saturated heterocycles. The SMILES string of the molecule is CC(=O)Sc1c(N)[nH]c(=O)[nH]c1=O. The smallest absolute Gasteiger partial charge is 0.327 e. The Balaban J connectivity index is 3.29. The summed E-state index contributed by atoms with van der Waals surface area (Å²) in [6.45, 7) is 1.30. The molecule has 13 heavy (non-hydrogen) atoms. The summed E-state index contributed by atoms with van der Waals surface area (Å²) in [4.78, 5) is 36.6. The Morgan fingerprint density at radius 2 is 2.00 bits per heavy atom. The third-order valence-corrected chi connectivity index (χ3v) is 2.07. The zero-order chi connectivity index (χ0) is 10.0. The Hall–Kier alpha value is -1.50. The van der Waals surface area contributed by atoms with Gasteiger partial charge in [-0.2, -0.15) is 0 Å². The van der Waals surface area contributed by atoms with Gasteiger partial charge in [0.15, 0.2) is 5.12 Å². The summed E-state index contributed by atoms with van der Waals surface area (Å²) in [7, 11) is 0. The lowest BCUT2D eigenvalue weighted by Gasteiger charge is -1.98. The van der Waals surface area contributed by atoms with Crippen LogP contribution < -0.4 is 17.0 Å². The number of nitrogens with one attached hydrogen (secondary N) is 2. The maximum Gasteiger partial charge on any atom is 0.327 e. The molecule has 0 saturated carbocycles. The molecule has 0 aliphatic carbocycles. The first kappa shape index (κ1) is 9.59. The third kappa shape index (κ3) is 2.22. The van der Waals surface area contributed by atoms with E-state index in [4.69, 9.17) is 5.73 Å². The second-order valence-electron chi connectivity index (χ2n) is 2.24. The van der Waals surface area contributed by atoms with E-state index in [0.29, 0.717) is 11.8 Å². The molecular weight excluding hydrogens is 194 g/mol. The van der Waals surface area contributed by atoms with Gasteiger partial charge in [-0.1, -0.05) is 0 Å². The molecule has 0 aliphatic rings. The van der Waals surface area contributed by atoms with Crippen molar-refractivity contribution >= 4 is 22.7 Å². The van der Waals surface area contributed by atoms with E-state index in [-0.39, 0.29) is 15.8 Å². The van der Waals surface area contributed by atoms with Gasteiger partial charge in [-0.3, -0.25) is 19.6 Å². The molecular formula is C6H7N3O3S. The average Bonchev–Trinajstić information content (AvgIpc) is 1.96. The van der Waals surface area contributed by atoms with E-state index in [9.17, 15) is 14.4 Å². The molecule has 1 rings (SSSR count). The maximum absolute atomic E-state index is 11.1. The second-order valence-corrected chi connectivity index (χ2v) is 3.43. The Bertz CT molecular complexity index is 447. The van der Waals surface area contributed by atoms with Crippen molar-refractivity contribution in [3.8, 4) is 0 Å². The minimum atomic E-state index is -0.685. The number of hydrogen-bond acceptors (Lipinski definition) is 5. The lowest BCUT2D eigenvalue weighted by molar-refractivity contribution is -0.109. The van der Waals surface area contributed by atoms with E-state index < -0.39 is 11.2 Å². The molecule has 0 atom stereocenters. The monoisotopic (exact) mass is 201 g/mol. The van der Waals surface area contributed by atoms with Crippen LogP contribution in [0.15, 0.2) is 14.5 Å². The molecule has 7 heteroatoms.